The maximum Gasteiger partial charge on any atom is 0.225 e. The molecule has 1 atom stereocenters. The molecule has 1 saturated carbocycles. The quantitative estimate of drug-likeness (QED) is 0.793. The summed E-state index contributed by atoms with van der Waals surface area (Å²) < 4.78 is 1.91. The second-order valence-corrected chi connectivity index (χ2v) is 9.22. The lowest BCUT2D eigenvalue weighted by atomic mass is 9.84. The number of aromatic nitrogens is 3. The predicted octanol–water partition coefficient (Wildman–Crippen LogP) is 2.92. The summed E-state index contributed by atoms with van der Waals surface area (Å²) in [5.74, 6) is 0.925. The Hall–Kier alpha value is -2.44. The molecule has 2 fully saturated rings. The minimum absolute atomic E-state index is 0.0622. The molecule has 1 aliphatic carbocycles. The molecule has 2 amide bonds. The SMILES string of the molecule is Cc1nc2cc(C3CCN(C(=O)C4CCC4)C3)nn2c(C)c1CCC(=O)NC(C)C. The van der Waals surface area contributed by atoms with Crippen LogP contribution in [0.25, 0.3) is 5.65 Å². The van der Waals surface area contributed by atoms with Crippen molar-refractivity contribution in [2.75, 3.05) is 13.1 Å². The fourth-order valence-corrected chi connectivity index (χ4v) is 4.65. The van der Waals surface area contributed by atoms with Crippen molar-refractivity contribution >= 4 is 17.5 Å². The molecular formula is C23H33N5O2. The summed E-state index contributed by atoms with van der Waals surface area (Å²) in [6.45, 7) is 9.59. The van der Waals surface area contributed by atoms with Gasteiger partial charge in [0, 0.05) is 54.8 Å². The first-order valence-corrected chi connectivity index (χ1v) is 11.3. The monoisotopic (exact) mass is 411 g/mol. The summed E-state index contributed by atoms with van der Waals surface area (Å²) in [7, 11) is 0. The molecule has 1 aliphatic heterocycles. The zero-order valence-electron chi connectivity index (χ0n) is 18.6. The van der Waals surface area contributed by atoms with Crippen LogP contribution in [0.1, 0.15) is 74.5 Å². The molecule has 7 nitrogen and oxygen atoms in total. The molecule has 0 aromatic carbocycles. The molecule has 0 bridgehead atoms. The number of aryl methyl sites for hydroxylation is 2. The third-order valence-electron chi connectivity index (χ3n) is 6.61. The van der Waals surface area contributed by atoms with Gasteiger partial charge in [0.05, 0.1) is 5.69 Å². The maximum absolute atomic E-state index is 12.6. The smallest absolute Gasteiger partial charge is 0.225 e. The third-order valence-corrected chi connectivity index (χ3v) is 6.61. The van der Waals surface area contributed by atoms with Crippen molar-refractivity contribution in [2.24, 2.45) is 5.92 Å². The van der Waals surface area contributed by atoms with Crippen LogP contribution in [0.5, 0.6) is 0 Å². The van der Waals surface area contributed by atoms with Gasteiger partial charge in [-0.05, 0) is 58.9 Å². The van der Waals surface area contributed by atoms with Gasteiger partial charge in [0.1, 0.15) is 0 Å². The Labute approximate surface area is 178 Å². The second-order valence-electron chi connectivity index (χ2n) is 9.22. The Morgan fingerprint density at radius 2 is 2.00 bits per heavy atom. The summed E-state index contributed by atoms with van der Waals surface area (Å²) >= 11 is 0. The normalized spacial score (nSPS) is 19.5. The minimum Gasteiger partial charge on any atom is -0.354 e. The van der Waals surface area contributed by atoms with Gasteiger partial charge in [0.15, 0.2) is 5.65 Å². The number of hydrogen-bond acceptors (Lipinski definition) is 4. The van der Waals surface area contributed by atoms with Gasteiger partial charge < -0.3 is 10.2 Å². The fraction of sp³-hybridized carbons (Fsp3) is 0.652. The molecule has 3 heterocycles. The molecule has 30 heavy (non-hydrogen) atoms. The van der Waals surface area contributed by atoms with Crippen molar-refractivity contribution in [1.82, 2.24) is 24.8 Å². The van der Waals surface area contributed by atoms with Gasteiger partial charge >= 0.3 is 0 Å². The number of hydrogen-bond donors (Lipinski definition) is 1. The molecule has 162 valence electrons. The Kier molecular flexibility index (Phi) is 5.80. The second kappa shape index (κ2) is 8.36. The number of rotatable bonds is 6. The molecular weight excluding hydrogens is 378 g/mol. The number of amides is 2. The zero-order chi connectivity index (χ0) is 21.4. The third kappa shape index (κ3) is 4.07. The number of carbonyl (C=O) groups excluding carboxylic acids is 2. The number of carbonyl (C=O) groups is 2. The van der Waals surface area contributed by atoms with E-state index < -0.39 is 0 Å². The first-order chi connectivity index (χ1) is 14.3. The molecule has 4 rings (SSSR count). The van der Waals surface area contributed by atoms with E-state index in [2.05, 4.69) is 18.3 Å². The highest BCUT2D eigenvalue weighted by Gasteiger charge is 2.35. The van der Waals surface area contributed by atoms with Crippen molar-refractivity contribution in [2.45, 2.75) is 78.2 Å². The Morgan fingerprint density at radius 1 is 1.23 bits per heavy atom. The number of nitrogens with one attached hydrogen (secondary N) is 1. The van der Waals surface area contributed by atoms with Crippen LogP contribution < -0.4 is 5.32 Å². The Morgan fingerprint density at radius 3 is 2.67 bits per heavy atom. The Bertz CT molecular complexity index is 960. The van der Waals surface area contributed by atoms with Crippen LogP contribution in [0.4, 0.5) is 0 Å². The molecule has 1 N–H and O–H groups in total. The fourth-order valence-electron chi connectivity index (χ4n) is 4.65. The van der Waals surface area contributed by atoms with Crippen LogP contribution in [0.3, 0.4) is 0 Å². The standard InChI is InChI=1S/C23H33N5O2/c1-14(2)24-22(29)9-8-19-15(3)25-21-12-20(26-28(21)16(19)4)18-10-11-27(13-18)23(30)17-6-5-7-17/h12,14,17-18H,5-11,13H2,1-4H3,(H,24,29). The molecule has 1 saturated heterocycles. The molecule has 2 aromatic heterocycles. The van der Waals surface area contributed by atoms with E-state index in [1.807, 2.05) is 30.2 Å². The van der Waals surface area contributed by atoms with E-state index in [1.165, 1.54) is 6.42 Å². The van der Waals surface area contributed by atoms with E-state index in [4.69, 9.17) is 10.1 Å². The van der Waals surface area contributed by atoms with Gasteiger partial charge in [0.25, 0.3) is 0 Å². The van der Waals surface area contributed by atoms with E-state index in [0.29, 0.717) is 18.7 Å². The van der Waals surface area contributed by atoms with Crippen LogP contribution in [-0.4, -0.2) is 50.4 Å². The van der Waals surface area contributed by atoms with Crippen molar-refractivity contribution in [1.29, 1.82) is 0 Å². The first kappa shape index (κ1) is 20.8. The highest BCUT2D eigenvalue weighted by Crippen LogP contribution is 2.33. The molecule has 7 heteroatoms. The highest BCUT2D eigenvalue weighted by molar-refractivity contribution is 5.80. The predicted molar refractivity (Wildman–Crippen MR) is 115 cm³/mol. The number of likely N-dealkylation sites (tertiary alicyclic amines) is 1. The van der Waals surface area contributed by atoms with Crippen LogP contribution in [0, 0.1) is 19.8 Å². The summed E-state index contributed by atoms with van der Waals surface area (Å²) in [5.41, 5.74) is 4.95. The van der Waals surface area contributed by atoms with Crippen molar-refractivity contribution < 1.29 is 9.59 Å². The van der Waals surface area contributed by atoms with Gasteiger partial charge in [-0.3, -0.25) is 9.59 Å². The van der Waals surface area contributed by atoms with Crippen molar-refractivity contribution in [3.63, 3.8) is 0 Å². The lowest BCUT2D eigenvalue weighted by Gasteiger charge is -2.29. The van der Waals surface area contributed by atoms with Gasteiger partial charge in [-0.1, -0.05) is 6.42 Å². The Balaban J connectivity index is 1.49. The van der Waals surface area contributed by atoms with Gasteiger partial charge in [-0.2, -0.15) is 5.10 Å². The summed E-state index contributed by atoms with van der Waals surface area (Å²) in [4.78, 5) is 31.4. The van der Waals surface area contributed by atoms with Crippen LogP contribution in [-0.2, 0) is 16.0 Å². The lowest BCUT2D eigenvalue weighted by Crippen LogP contribution is -2.37. The first-order valence-electron chi connectivity index (χ1n) is 11.3. The van der Waals surface area contributed by atoms with Gasteiger partial charge in [-0.15, -0.1) is 0 Å². The minimum atomic E-state index is 0.0622. The summed E-state index contributed by atoms with van der Waals surface area (Å²) in [6, 6.07) is 2.22. The summed E-state index contributed by atoms with van der Waals surface area (Å²) in [5, 5.41) is 7.81. The van der Waals surface area contributed by atoms with E-state index in [0.717, 1.165) is 60.6 Å². The van der Waals surface area contributed by atoms with Crippen LogP contribution in [0.2, 0.25) is 0 Å². The number of fused-ring (bicyclic) bond motifs is 1. The lowest BCUT2D eigenvalue weighted by molar-refractivity contribution is -0.137. The number of nitrogens with zero attached hydrogens (tertiary/aromatic N) is 4. The van der Waals surface area contributed by atoms with Crippen molar-refractivity contribution in [3.8, 4) is 0 Å². The largest absolute Gasteiger partial charge is 0.354 e. The highest BCUT2D eigenvalue weighted by atomic mass is 16.2. The van der Waals surface area contributed by atoms with E-state index in [1.54, 1.807) is 0 Å². The molecule has 0 spiro atoms. The van der Waals surface area contributed by atoms with Crippen molar-refractivity contribution in [3.05, 3.63) is 28.7 Å². The van der Waals surface area contributed by atoms with Gasteiger partial charge in [0.2, 0.25) is 11.8 Å². The molecule has 1 unspecified atom stereocenters. The topological polar surface area (TPSA) is 79.6 Å². The van der Waals surface area contributed by atoms with Gasteiger partial charge in [-0.25, -0.2) is 9.50 Å². The zero-order valence-corrected chi connectivity index (χ0v) is 18.6. The average Bonchev–Trinajstić information content (AvgIpc) is 3.26. The van der Waals surface area contributed by atoms with Crippen LogP contribution >= 0.6 is 0 Å². The molecule has 0 radical (unpaired) electrons. The van der Waals surface area contributed by atoms with E-state index in [-0.39, 0.29) is 23.8 Å². The maximum atomic E-state index is 12.6. The average molecular weight is 412 g/mol. The molecule has 2 aromatic rings. The van der Waals surface area contributed by atoms with E-state index >= 15 is 0 Å². The summed E-state index contributed by atoms with van der Waals surface area (Å²) in [6.07, 6.45) is 5.35. The van der Waals surface area contributed by atoms with Crippen LogP contribution in [0.15, 0.2) is 6.07 Å². The molecule has 2 aliphatic rings. The van der Waals surface area contributed by atoms with E-state index in [9.17, 15) is 9.59 Å².